The highest BCUT2D eigenvalue weighted by molar-refractivity contribution is 5.79. The molecule has 150 valence electrons. The highest BCUT2D eigenvalue weighted by Crippen LogP contribution is 2.24. The van der Waals surface area contributed by atoms with Gasteiger partial charge in [0.2, 0.25) is 0 Å². The Morgan fingerprint density at radius 1 is 1.21 bits per heavy atom. The quantitative estimate of drug-likeness (QED) is 0.868. The lowest BCUT2D eigenvalue weighted by molar-refractivity contribution is 0.0513. The molecule has 8 nitrogen and oxygen atoms in total. The van der Waals surface area contributed by atoms with E-state index in [1.54, 1.807) is 13.3 Å². The second-order valence-corrected chi connectivity index (χ2v) is 7.22. The fraction of sp³-hybridized carbons (Fsp3) is 0.550. The summed E-state index contributed by atoms with van der Waals surface area (Å²) in [7, 11) is 1.63. The molecule has 0 spiro atoms. The number of urea groups is 1. The predicted molar refractivity (Wildman–Crippen MR) is 104 cm³/mol. The van der Waals surface area contributed by atoms with Crippen LogP contribution in [-0.4, -0.2) is 66.5 Å². The van der Waals surface area contributed by atoms with Crippen LogP contribution in [0.25, 0.3) is 10.9 Å². The van der Waals surface area contributed by atoms with Crippen molar-refractivity contribution in [3.05, 3.63) is 24.4 Å². The molecule has 1 aromatic heterocycles. The van der Waals surface area contributed by atoms with Gasteiger partial charge in [-0.15, -0.1) is 0 Å². The van der Waals surface area contributed by atoms with E-state index in [2.05, 4.69) is 15.3 Å². The Kier molecular flexibility index (Phi) is 5.76. The normalized spacial score (nSPS) is 22.7. The first-order chi connectivity index (χ1) is 13.7. The molecule has 1 aliphatic heterocycles. The minimum absolute atomic E-state index is 0.0134. The molecule has 8 heteroatoms. The summed E-state index contributed by atoms with van der Waals surface area (Å²) in [5.74, 6) is 0.758. The number of morpholine rings is 1. The molecular weight excluding hydrogens is 360 g/mol. The van der Waals surface area contributed by atoms with E-state index >= 15 is 0 Å². The van der Waals surface area contributed by atoms with Gasteiger partial charge in [0, 0.05) is 36.8 Å². The number of ether oxygens (including phenoxy) is 3. The Labute approximate surface area is 164 Å². The molecule has 2 amide bonds. The van der Waals surface area contributed by atoms with E-state index < -0.39 is 0 Å². The van der Waals surface area contributed by atoms with Crippen molar-refractivity contribution >= 4 is 16.9 Å². The first-order valence-corrected chi connectivity index (χ1v) is 9.82. The Morgan fingerprint density at radius 3 is 2.75 bits per heavy atom. The second-order valence-electron chi connectivity index (χ2n) is 7.22. The Balaban J connectivity index is 1.29. The Hall–Kier alpha value is -2.61. The summed E-state index contributed by atoms with van der Waals surface area (Å²) in [4.78, 5) is 23.0. The second kappa shape index (κ2) is 8.60. The van der Waals surface area contributed by atoms with Crippen molar-refractivity contribution in [1.82, 2.24) is 20.2 Å². The largest absolute Gasteiger partial charge is 0.497 e. The standard InChI is InChI=1S/C20H26N4O4/c1-26-17-5-2-14-13-21-19(23-18(14)12-17)28-16-6-3-15(4-7-16)22-20(25)24-8-10-27-11-9-24/h2,5,12-13,15-16H,3-4,6-11H2,1H3,(H,22,25). The molecule has 2 aliphatic rings. The number of benzene rings is 1. The van der Waals surface area contributed by atoms with Crippen LogP contribution in [0.5, 0.6) is 11.8 Å². The average Bonchev–Trinajstić information content (AvgIpc) is 2.75. The lowest BCUT2D eigenvalue weighted by atomic mass is 9.93. The van der Waals surface area contributed by atoms with Crippen molar-refractivity contribution in [3.63, 3.8) is 0 Å². The van der Waals surface area contributed by atoms with Gasteiger partial charge >= 0.3 is 12.0 Å². The molecule has 28 heavy (non-hydrogen) atoms. The van der Waals surface area contributed by atoms with Crippen molar-refractivity contribution in [3.8, 4) is 11.8 Å². The van der Waals surface area contributed by atoms with E-state index in [1.807, 2.05) is 23.1 Å². The van der Waals surface area contributed by atoms with Crippen molar-refractivity contribution in [2.45, 2.75) is 37.8 Å². The van der Waals surface area contributed by atoms with Crippen LogP contribution >= 0.6 is 0 Å². The predicted octanol–water partition coefficient (Wildman–Crippen LogP) is 2.37. The van der Waals surface area contributed by atoms with Crippen LogP contribution in [0.4, 0.5) is 4.79 Å². The van der Waals surface area contributed by atoms with Crippen LogP contribution in [0.3, 0.4) is 0 Å². The topological polar surface area (TPSA) is 85.8 Å². The molecule has 2 heterocycles. The molecular formula is C20H26N4O4. The van der Waals surface area contributed by atoms with Crippen molar-refractivity contribution in [2.75, 3.05) is 33.4 Å². The summed E-state index contributed by atoms with van der Waals surface area (Å²) in [5.41, 5.74) is 0.802. The number of amides is 2. The number of nitrogens with one attached hydrogen (secondary N) is 1. The molecule has 1 N–H and O–H groups in total. The van der Waals surface area contributed by atoms with Crippen LogP contribution in [-0.2, 0) is 4.74 Å². The van der Waals surface area contributed by atoms with E-state index in [9.17, 15) is 4.79 Å². The fourth-order valence-corrected chi connectivity index (χ4v) is 3.68. The van der Waals surface area contributed by atoms with Gasteiger partial charge in [0.1, 0.15) is 11.9 Å². The molecule has 0 unspecified atom stereocenters. The smallest absolute Gasteiger partial charge is 0.317 e. The van der Waals surface area contributed by atoms with Gasteiger partial charge in [-0.2, -0.15) is 4.98 Å². The molecule has 0 radical (unpaired) electrons. The lowest BCUT2D eigenvalue weighted by Gasteiger charge is -2.32. The van der Waals surface area contributed by atoms with E-state index in [1.165, 1.54) is 0 Å². The van der Waals surface area contributed by atoms with Gasteiger partial charge in [-0.05, 0) is 37.8 Å². The number of methoxy groups -OCH3 is 1. The van der Waals surface area contributed by atoms with Gasteiger partial charge < -0.3 is 24.4 Å². The third kappa shape index (κ3) is 4.44. The first kappa shape index (κ1) is 18.7. The van der Waals surface area contributed by atoms with E-state index in [0.717, 1.165) is 42.3 Å². The van der Waals surface area contributed by atoms with Gasteiger partial charge in [0.05, 0.1) is 25.8 Å². The molecule has 2 fully saturated rings. The Morgan fingerprint density at radius 2 is 2.00 bits per heavy atom. The van der Waals surface area contributed by atoms with Gasteiger partial charge in [0.25, 0.3) is 0 Å². The number of carbonyl (C=O) groups is 1. The number of fused-ring (bicyclic) bond motifs is 1. The van der Waals surface area contributed by atoms with Gasteiger partial charge in [-0.3, -0.25) is 0 Å². The highest BCUT2D eigenvalue weighted by Gasteiger charge is 2.26. The average molecular weight is 386 g/mol. The van der Waals surface area contributed by atoms with E-state index in [-0.39, 0.29) is 18.2 Å². The fourth-order valence-electron chi connectivity index (χ4n) is 3.68. The first-order valence-electron chi connectivity index (χ1n) is 9.82. The number of aromatic nitrogens is 2. The minimum atomic E-state index is 0.0134. The third-order valence-corrected chi connectivity index (χ3v) is 5.34. The number of hydrogen-bond donors (Lipinski definition) is 1. The van der Waals surface area contributed by atoms with E-state index in [4.69, 9.17) is 14.2 Å². The number of nitrogens with zero attached hydrogens (tertiary/aromatic N) is 3. The summed E-state index contributed by atoms with van der Waals surface area (Å²) >= 11 is 0. The van der Waals surface area contributed by atoms with Crippen LogP contribution in [0.1, 0.15) is 25.7 Å². The van der Waals surface area contributed by atoms with E-state index in [0.29, 0.717) is 32.3 Å². The highest BCUT2D eigenvalue weighted by atomic mass is 16.5. The molecule has 4 rings (SSSR count). The lowest BCUT2D eigenvalue weighted by Crippen LogP contribution is -2.50. The van der Waals surface area contributed by atoms with Gasteiger partial charge in [-0.25, -0.2) is 9.78 Å². The number of hydrogen-bond acceptors (Lipinski definition) is 6. The van der Waals surface area contributed by atoms with Crippen molar-refractivity contribution < 1.29 is 19.0 Å². The molecule has 2 aromatic rings. The van der Waals surface area contributed by atoms with Crippen molar-refractivity contribution in [2.24, 2.45) is 0 Å². The third-order valence-electron chi connectivity index (χ3n) is 5.34. The Bertz CT molecular complexity index is 817. The summed E-state index contributed by atoms with van der Waals surface area (Å²) in [6.45, 7) is 2.56. The summed E-state index contributed by atoms with van der Waals surface area (Å²) in [6.07, 6.45) is 5.36. The monoisotopic (exact) mass is 386 g/mol. The van der Waals surface area contributed by atoms with Crippen LogP contribution in [0, 0.1) is 0 Å². The summed E-state index contributed by atoms with van der Waals surface area (Å²) in [5, 5.41) is 4.09. The maximum Gasteiger partial charge on any atom is 0.317 e. The molecule has 1 saturated heterocycles. The zero-order chi connectivity index (χ0) is 19.3. The summed E-state index contributed by atoms with van der Waals surface area (Å²) in [6, 6.07) is 6.29. The maximum atomic E-state index is 12.3. The molecule has 0 bridgehead atoms. The zero-order valence-corrected chi connectivity index (χ0v) is 16.1. The molecule has 1 aliphatic carbocycles. The zero-order valence-electron chi connectivity index (χ0n) is 16.1. The van der Waals surface area contributed by atoms with Gasteiger partial charge in [0.15, 0.2) is 0 Å². The maximum absolute atomic E-state index is 12.3. The van der Waals surface area contributed by atoms with Crippen LogP contribution < -0.4 is 14.8 Å². The molecule has 0 atom stereocenters. The van der Waals surface area contributed by atoms with Crippen molar-refractivity contribution in [1.29, 1.82) is 0 Å². The summed E-state index contributed by atoms with van der Waals surface area (Å²) < 4.78 is 16.6. The SMILES string of the molecule is COc1ccc2cnc(OC3CCC(NC(=O)N4CCOCC4)CC3)nc2c1. The van der Waals surface area contributed by atoms with Crippen LogP contribution in [0.15, 0.2) is 24.4 Å². The van der Waals surface area contributed by atoms with Crippen LogP contribution in [0.2, 0.25) is 0 Å². The number of rotatable bonds is 4. The number of carbonyl (C=O) groups excluding carboxylic acids is 1. The molecule has 1 saturated carbocycles. The molecule has 1 aromatic carbocycles. The van der Waals surface area contributed by atoms with Gasteiger partial charge in [-0.1, -0.05) is 0 Å². The minimum Gasteiger partial charge on any atom is -0.497 e.